The van der Waals surface area contributed by atoms with Crippen LogP contribution in [-0.4, -0.2) is 73.3 Å². The maximum Gasteiger partial charge on any atom is 0.310 e. The van der Waals surface area contributed by atoms with Crippen LogP contribution < -0.4 is 14.9 Å². The highest BCUT2D eigenvalue weighted by molar-refractivity contribution is 6.30. The van der Waals surface area contributed by atoms with Gasteiger partial charge in [0.15, 0.2) is 12.0 Å². The van der Waals surface area contributed by atoms with E-state index in [2.05, 4.69) is 4.90 Å². The van der Waals surface area contributed by atoms with Gasteiger partial charge in [0, 0.05) is 67.1 Å². The summed E-state index contributed by atoms with van der Waals surface area (Å²) in [6.45, 7) is 5.11. The van der Waals surface area contributed by atoms with Gasteiger partial charge in [0.25, 0.3) is 5.91 Å². The second-order valence-corrected chi connectivity index (χ2v) is 10.8. The fourth-order valence-corrected chi connectivity index (χ4v) is 5.27. The molecule has 0 spiro atoms. The summed E-state index contributed by atoms with van der Waals surface area (Å²) in [5, 5.41) is 11.3. The Hall–Kier alpha value is -4.54. The number of rotatable bonds is 10. The number of hydrogen-bond donors (Lipinski definition) is 1. The molecule has 0 radical (unpaired) electrons. The van der Waals surface area contributed by atoms with Gasteiger partial charge >= 0.3 is 5.97 Å². The van der Waals surface area contributed by atoms with Crippen molar-refractivity contribution in [2.75, 3.05) is 46.5 Å². The normalized spacial score (nSPS) is 13.6. The zero-order valence-electron chi connectivity index (χ0n) is 24.5. The number of halogens is 1. The number of aromatic hydroxyl groups is 1. The second-order valence-electron chi connectivity index (χ2n) is 10.4. The highest BCUT2D eigenvalue weighted by Crippen LogP contribution is 2.33. The fourth-order valence-electron chi connectivity index (χ4n) is 5.15. The lowest BCUT2D eigenvalue weighted by molar-refractivity contribution is -0.142. The van der Waals surface area contributed by atoms with Gasteiger partial charge in [-0.3, -0.25) is 19.3 Å². The fraction of sp³-hybridized carbons (Fsp3) is 0.303. The van der Waals surface area contributed by atoms with Crippen LogP contribution in [0.3, 0.4) is 0 Å². The monoisotopic (exact) mass is 620 g/mol. The van der Waals surface area contributed by atoms with Crippen LogP contribution >= 0.6 is 11.6 Å². The summed E-state index contributed by atoms with van der Waals surface area (Å²) >= 11 is 5.98. The van der Waals surface area contributed by atoms with Gasteiger partial charge in [0.2, 0.25) is 0 Å². The summed E-state index contributed by atoms with van der Waals surface area (Å²) in [5.74, 6) is -0.0194. The molecule has 44 heavy (non-hydrogen) atoms. The maximum atomic E-state index is 13.0. The molecule has 0 saturated carbocycles. The van der Waals surface area contributed by atoms with Gasteiger partial charge in [0.1, 0.15) is 34.0 Å². The van der Waals surface area contributed by atoms with Crippen molar-refractivity contribution in [1.29, 1.82) is 0 Å². The quantitative estimate of drug-likeness (QED) is 0.253. The van der Waals surface area contributed by atoms with Crippen molar-refractivity contribution in [3.8, 4) is 28.6 Å². The number of phenolic OH excluding ortho intramolecular Hbond substituents is 1. The van der Waals surface area contributed by atoms with Crippen LogP contribution in [0.2, 0.25) is 5.02 Å². The van der Waals surface area contributed by atoms with Crippen molar-refractivity contribution < 1.29 is 33.3 Å². The number of nitrogens with zero attached hydrogens (tertiary/aromatic N) is 2. The summed E-state index contributed by atoms with van der Waals surface area (Å²) in [5.41, 5.74) is 1.89. The van der Waals surface area contributed by atoms with Crippen molar-refractivity contribution in [1.82, 2.24) is 9.80 Å². The zero-order valence-corrected chi connectivity index (χ0v) is 25.3. The third-order valence-electron chi connectivity index (χ3n) is 7.40. The third-order valence-corrected chi connectivity index (χ3v) is 7.65. The minimum Gasteiger partial charge on any atom is -0.507 e. The molecule has 0 atom stereocenters. The van der Waals surface area contributed by atoms with E-state index >= 15 is 0 Å². The number of piperazine rings is 1. The number of amides is 1. The van der Waals surface area contributed by atoms with Crippen LogP contribution in [0.1, 0.15) is 18.1 Å². The molecule has 4 aromatic rings. The van der Waals surface area contributed by atoms with E-state index in [4.69, 9.17) is 30.2 Å². The molecule has 1 saturated heterocycles. The topological polar surface area (TPSA) is 119 Å². The molecule has 10 nitrogen and oxygen atoms in total. The van der Waals surface area contributed by atoms with Crippen LogP contribution in [0.25, 0.3) is 22.3 Å². The first-order valence-corrected chi connectivity index (χ1v) is 14.6. The molecule has 0 unspecified atom stereocenters. The van der Waals surface area contributed by atoms with Crippen molar-refractivity contribution in [3.63, 3.8) is 0 Å². The van der Waals surface area contributed by atoms with Crippen molar-refractivity contribution in [3.05, 3.63) is 87.0 Å². The Labute approximate surface area is 259 Å². The van der Waals surface area contributed by atoms with E-state index in [1.165, 1.54) is 25.3 Å². The van der Waals surface area contributed by atoms with Crippen molar-refractivity contribution >= 4 is 34.4 Å². The maximum absolute atomic E-state index is 13.0. The van der Waals surface area contributed by atoms with E-state index < -0.39 is 11.4 Å². The Morgan fingerprint density at radius 1 is 1.00 bits per heavy atom. The number of carbonyl (C=O) groups excluding carboxylic acids is 2. The number of esters is 1. The highest BCUT2D eigenvalue weighted by atomic mass is 35.5. The minimum atomic E-state index is -0.458. The summed E-state index contributed by atoms with van der Waals surface area (Å²) in [6.07, 6.45) is -0.0210. The smallest absolute Gasteiger partial charge is 0.310 e. The molecule has 1 aliphatic heterocycles. The van der Waals surface area contributed by atoms with Crippen molar-refractivity contribution in [2.45, 2.75) is 19.9 Å². The SMILES string of the molecule is CCOC(=O)Cc1cc(-c2cc(=O)c3c(O)cc(OCC(=O)N4CCN(Cc5ccc(Cl)cc5)CC4)cc3o2)ccc1OC. The standard InChI is InChI=1S/C33H33ClN2O8/c1-3-42-32(40)15-23-14-22(6-9-28(23)41-2)29-18-27(38)33-26(37)16-25(17-30(33)44-29)43-20-31(39)36-12-10-35(11-13-36)19-21-4-7-24(34)8-5-21/h4-9,14,16-18,37H,3,10-13,15,19-20H2,1-2H3. The molecular weight excluding hydrogens is 588 g/mol. The lowest BCUT2D eigenvalue weighted by Gasteiger charge is -2.34. The van der Waals surface area contributed by atoms with Gasteiger partial charge < -0.3 is 28.6 Å². The number of fused-ring (bicyclic) bond motifs is 1. The lowest BCUT2D eigenvalue weighted by atomic mass is 10.0. The van der Waals surface area contributed by atoms with Gasteiger partial charge in [-0.25, -0.2) is 0 Å². The first kappa shape index (κ1) is 30.9. The van der Waals surface area contributed by atoms with E-state index in [1.54, 1.807) is 30.0 Å². The van der Waals surface area contributed by atoms with Gasteiger partial charge in [-0.2, -0.15) is 0 Å². The van der Waals surface area contributed by atoms with Gasteiger partial charge in [-0.1, -0.05) is 23.7 Å². The Morgan fingerprint density at radius 2 is 1.75 bits per heavy atom. The molecule has 1 aromatic heterocycles. The molecule has 1 amide bonds. The number of carbonyl (C=O) groups is 2. The largest absolute Gasteiger partial charge is 0.507 e. The molecule has 11 heteroatoms. The predicted octanol–water partition coefficient (Wildman–Crippen LogP) is 4.66. The summed E-state index contributed by atoms with van der Waals surface area (Å²) < 4.78 is 22.2. The number of benzene rings is 3. The zero-order chi connectivity index (χ0) is 31.2. The average Bonchev–Trinajstić information content (AvgIpc) is 3.01. The lowest BCUT2D eigenvalue weighted by Crippen LogP contribution is -2.49. The van der Waals surface area contributed by atoms with Gasteiger partial charge in [-0.15, -0.1) is 0 Å². The molecule has 230 valence electrons. The van der Waals surface area contributed by atoms with Crippen LogP contribution in [0, 0.1) is 0 Å². The molecular formula is C33H33ClN2O8. The Kier molecular flexibility index (Phi) is 9.72. The Morgan fingerprint density at radius 3 is 2.45 bits per heavy atom. The first-order chi connectivity index (χ1) is 21.2. The first-order valence-electron chi connectivity index (χ1n) is 14.2. The van der Waals surface area contributed by atoms with Crippen LogP contribution in [0.5, 0.6) is 17.2 Å². The number of phenols is 1. The van der Waals surface area contributed by atoms with E-state index in [0.717, 1.165) is 25.2 Å². The van der Waals surface area contributed by atoms with E-state index in [9.17, 15) is 19.5 Å². The van der Waals surface area contributed by atoms with E-state index in [1.807, 2.05) is 24.3 Å². The van der Waals surface area contributed by atoms with E-state index in [0.29, 0.717) is 35.0 Å². The van der Waals surface area contributed by atoms with Crippen LogP contribution in [-0.2, 0) is 27.3 Å². The van der Waals surface area contributed by atoms with Crippen LogP contribution in [0.4, 0.5) is 0 Å². The highest BCUT2D eigenvalue weighted by Gasteiger charge is 2.22. The molecule has 0 bridgehead atoms. The molecule has 3 aromatic carbocycles. The van der Waals surface area contributed by atoms with Gasteiger partial charge in [0.05, 0.1) is 20.1 Å². The number of hydrogen-bond acceptors (Lipinski definition) is 9. The molecule has 0 aliphatic carbocycles. The Bertz CT molecular complexity index is 1710. The minimum absolute atomic E-state index is 0.00973. The average molecular weight is 621 g/mol. The number of methoxy groups -OCH3 is 1. The Balaban J connectivity index is 1.27. The molecule has 5 rings (SSSR count). The van der Waals surface area contributed by atoms with E-state index in [-0.39, 0.29) is 53.8 Å². The summed E-state index contributed by atoms with van der Waals surface area (Å²) in [4.78, 5) is 42.0. The summed E-state index contributed by atoms with van der Waals surface area (Å²) in [6, 6.07) is 16.8. The number of ether oxygens (including phenoxy) is 3. The molecule has 1 fully saturated rings. The third kappa shape index (κ3) is 7.32. The van der Waals surface area contributed by atoms with Crippen LogP contribution in [0.15, 0.2) is 69.9 Å². The molecule has 1 N–H and O–H groups in total. The molecule has 1 aliphatic rings. The molecule has 2 heterocycles. The summed E-state index contributed by atoms with van der Waals surface area (Å²) in [7, 11) is 1.50. The second kappa shape index (κ2) is 13.8. The van der Waals surface area contributed by atoms with Gasteiger partial charge in [-0.05, 0) is 42.8 Å². The predicted molar refractivity (Wildman–Crippen MR) is 165 cm³/mol. The van der Waals surface area contributed by atoms with Crippen molar-refractivity contribution in [2.24, 2.45) is 0 Å².